The largest absolute Gasteiger partial charge is 0.456 e. The molecule has 0 aliphatic rings. The van der Waals surface area contributed by atoms with Crippen LogP contribution in [0, 0.1) is 10.1 Å². The maximum atomic E-state index is 12.6. The van der Waals surface area contributed by atoms with E-state index in [1.165, 1.54) is 24.3 Å². The Balaban J connectivity index is 0.00000132. The Kier molecular flexibility index (Phi) is 9.02. The van der Waals surface area contributed by atoms with Crippen molar-refractivity contribution < 1.29 is 32.4 Å². The zero-order valence-corrected chi connectivity index (χ0v) is 16.4. The molecule has 1 N–H and O–H groups in total. The molecule has 0 aliphatic carbocycles. The minimum absolute atomic E-state index is 0.0610. The van der Waals surface area contributed by atoms with Crippen LogP contribution in [0.2, 0.25) is 5.02 Å². The van der Waals surface area contributed by atoms with Gasteiger partial charge < -0.3 is 14.8 Å². The molecule has 0 heterocycles. The summed E-state index contributed by atoms with van der Waals surface area (Å²) in [4.78, 5) is 22.0. The SMILES string of the molecule is CNC.COC(C(=O)c1cccc(Oc2ccc(C(F)(F)F)cc2Cl)c1)[N+](=O)[O-]. The van der Waals surface area contributed by atoms with E-state index in [4.69, 9.17) is 16.3 Å². The number of ketones is 1. The normalized spacial score (nSPS) is 11.8. The smallest absolute Gasteiger partial charge is 0.416 e. The van der Waals surface area contributed by atoms with Gasteiger partial charge in [-0.1, -0.05) is 23.7 Å². The predicted molar refractivity (Wildman–Crippen MR) is 100 cm³/mol. The maximum Gasteiger partial charge on any atom is 0.416 e. The third kappa shape index (κ3) is 7.00. The van der Waals surface area contributed by atoms with E-state index in [1.807, 2.05) is 14.1 Å². The van der Waals surface area contributed by atoms with E-state index in [-0.39, 0.29) is 22.1 Å². The minimum Gasteiger partial charge on any atom is -0.456 e. The molecule has 0 saturated heterocycles. The van der Waals surface area contributed by atoms with Crippen LogP contribution in [-0.2, 0) is 10.9 Å². The third-order valence-electron chi connectivity index (χ3n) is 3.24. The van der Waals surface area contributed by atoms with Crippen LogP contribution in [0.25, 0.3) is 0 Å². The number of nitrogens with one attached hydrogen (secondary N) is 1. The van der Waals surface area contributed by atoms with Gasteiger partial charge in [-0.05, 0) is 44.4 Å². The van der Waals surface area contributed by atoms with Gasteiger partial charge in [-0.15, -0.1) is 0 Å². The summed E-state index contributed by atoms with van der Waals surface area (Å²) in [6.07, 6.45) is -6.42. The van der Waals surface area contributed by atoms with Crippen LogP contribution in [0.3, 0.4) is 0 Å². The van der Waals surface area contributed by atoms with Gasteiger partial charge in [-0.3, -0.25) is 14.9 Å². The minimum atomic E-state index is -4.55. The summed E-state index contributed by atoms with van der Waals surface area (Å²) in [7, 11) is 4.77. The molecule has 0 aliphatic heterocycles. The van der Waals surface area contributed by atoms with Crippen molar-refractivity contribution in [2.24, 2.45) is 0 Å². The lowest BCUT2D eigenvalue weighted by atomic mass is 10.1. The van der Waals surface area contributed by atoms with Crippen molar-refractivity contribution in [2.45, 2.75) is 12.4 Å². The van der Waals surface area contributed by atoms with Crippen molar-refractivity contribution in [3.8, 4) is 11.5 Å². The number of nitrogens with zero attached hydrogens (tertiary/aromatic N) is 1. The summed E-state index contributed by atoms with van der Waals surface area (Å²) in [6, 6.07) is 7.87. The molecule has 0 spiro atoms. The van der Waals surface area contributed by atoms with Crippen molar-refractivity contribution in [1.82, 2.24) is 5.32 Å². The first-order valence-corrected chi connectivity index (χ1v) is 8.36. The molecular weight excluding hydrogens is 417 g/mol. The number of methoxy groups -OCH3 is 1. The van der Waals surface area contributed by atoms with Gasteiger partial charge in [0.1, 0.15) is 11.5 Å². The van der Waals surface area contributed by atoms with E-state index >= 15 is 0 Å². The fourth-order valence-corrected chi connectivity index (χ4v) is 2.25. The van der Waals surface area contributed by atoms with Crippen molar-refractivity contribution >= 4 is 17.4 Å². The van der Waals surface area contributed by atoms with E-state index in [2.05, 4.69) is 10.1 Å². The Morgan fingerprint density at radius 3 is 2.31 bits per heavy atom. The molecule has 2 aromatic rings. The van der Waals surface area contributed by atoms with Gasteiger partial charge in [-0.2, -0.15) is 13.2 Å². The highest BCUT2D eigenvalue weighted by Crippen LogP contribution is 2.36. The Morgan fingerprint density at radius 2 is 1.83 bits per heavy atom. The first-order chi connectivity index (χ1) is 13.5. The monoisotopic (exact) mass is 434 g/mol. The molecule has 0 saturated carbocycles. The van der Waals surface area contributed by atoms with Crippen LogP contribution in [0.1, 0.15) is 15.9 Å². The van der Waals surface area contributed by atoms with Gasteiger partial charge in [-0.25, -0.2) is 0 Å². The van der Waals surface area contributed by atoms with Crippen LogP contribution in [0.15, 0.2) is 42.5 Å². The van der Waals surface area contributed by atoms with Crippen LogP contribution in [0.4, 0.5) is 13.2 Å². The summed E-state index contributed by atoms with van der Waals surface area (Å²) in [5.74, 6) is -0.904. The molecule has 0 fully saturated rings. The van der Waals surface area contributed by atoms with Gasteiger partial charge in [0.05, 0.1) is 15.5 Å². The molecule has 0 bridgehead atoms. The molecule has 0 amide bonds. The van der Waals surface area contributed by atoms with Crippen LogP contribution in [0.5, 0.6) is 11.5 Å². The molecule has 0 aromatic heterocycles. The average molecular weight is 435 g/mol. The summed E-state index contributed by atoms with van der Waals surface area (Å²) < 4.78 is 47.8. The van der Waals surface area contributed by atoms with E-state index in [1.54, 1.807) is 0 Å². The highest BCUT2D eigenvalue weighted by atomic mass is 35.5. The molecule has 2 rings (SSSR count). The number of halogens is 4. The first-order valence-electron chi connectivity index (χ1n) is 7.98. The second-order valence-corrected chi connectivity index (χ2v) is 5.92. The quantitative estimate of drug-likeness (QED) is 0.313. The van der Waals surface area contributed by atoms with Crippen molar-refractivity contribution in [3.05, 3.63) is 68.7 Å². The Hall–Kier alpha value is -2.69. The van der Waals surface area contributed by atoms with Gasteiger partial charge in [0, 0.05) is 12.7 Å². The molecular formula is C18H18ClF3N2O5. The van der Waals surface area contributed by atoms with Gasteiger partial charge in [0.25, 0.3) is 5.78 Å². The Labute approximate surface area is 169 Å². The summed E-state index contributed by atoms with van der Waals surface area (Å²) in [5, 5.41) is 13.3. The number of alkyl halides is 3. The average Bonchev–Trinajstić information content (AvgIpc) is 2.63. The number of carbonyl (C=O) groups is 1. The standard InChI is InChI=1S/C16H11ClF3NO5.C2H7N/c1-25-15(21(23)24)14(22)9-3-2-4-11(7-9)26-13-6-5-10(8-12(13)17)16(18,19)20;1-3-2/h2-8,15H,1H3;3H,1-2H3. The predicted octanol–water partition coefficient (Wildman–Crippen LogP) is 4.42. The van der Waals surface area contributed by atoms with Crippen LogP contribution in [-0.4, -0.2) is 38.1 Å². The van der Waals surface area contributed by atoms with E-state index in [9.17, 15) is 28.1 Å². The highest BCUT2D eigenvalue weighted by Gasteiger charge is 2.32. The fourth-order valence-electron chi connectivity index (χ4n) is 2.03. The van der Waals surface area contributed by atoms with Crippen molar-refractivity contribution in [3.63, 3.8) is 0 Å². The number of hydrogen-bond acceptors (Lipinski definition) is 6. The molecule has 11 heteroatoms. The van der Waals surface area contributed by atoms with E-state index < -0.39 is 28.7 Å². The number of rotatable bonds is 6. The molecule has 0 radical (unpaired) electrons. The molecule has 2 aromatic carbocycles. The van der Waals surface area contributed by atoms with E-state index in [0.717, 1.165) is 19.2 Å². The number of benzene rings is 2. The van der Waals surface area contributed by atoms with Gasteiger partial charge in [0.2, 0.25) is 0 Å². The number of carbonyl (C=O) groups excluding carboxylic acids is 1. The summed E-state index contributed by atoms with van der Waals surface area (Å²) in [6.45, 7) is 0. The van der Waals surface area contributed by atoms with Crippen LogP contribution >= 0.6 is 11.6 Å². The van der Waals surface area contributed by atoms with Crippen molar-refractivity contribution in [2.75, 3.05) is 21.2 Å². The van der Waals surface area contributed by atoms with Crippen LogP contribution < -0.4 is 10.1 Å². The Bertz CT molecular complexity index is 862. The lowest BCUT2D eigenvalue weighted by molar-refractivity contribution is -0.553. The number of nitro groups is 1. The second kappa shape index (κ2) is 10.7. The molecule has 1 unspecified atom stereocenters. The Morgan fingerprint density at radius 1 is 1.21 bits per heavy atom. The fraction of sp³-hybridized carbons (Fsp3) is 0.278. The molecule has 29 heavy (non-hydrogen) atoms. The topological polar surface area (TPSA) is 90.7 Å². The summed E-state index contributed by atoms with van der Waals surface area (Å²) >= 11 is 5.80. The van der Waals surface area contributed by atoms with E-state index in [0.29, 0.717) is 6.07 Å². The van der Waals surface area contributed by atoms with Crippen molar-refractivity contribution in [1.29, 1.82) is 0 Å². The zero-order valence-electron chi connectivity index (χ0n) is 15.6. The number of hydrogen-bond donors (Lipinski definition) is 1. The maximum absolute atomic E-state index is 12.6. The number of Topliss-reactive ketones (excluding diaryl/α,β-unsaturated/α-hetero) is 1. The molecule has 7 nitrogen and oxygen atoms in total. The number of ether oxygens (including phenoxy) is 2. The molecule has 158 valence electrons. The lowest BCUT2D eigenvalue weighted by Gasteiger charge is -2.12. The zero-order chi connectivity index (χ0) is 22.2. The molecule has 1 atom stereocenters. The highest BCUT2D eigenvalue weighted by molar-refractivity contribution is 6.32. The first kappa shape index (κ1) is 24.3. The summed E-state index contributed by atoms with van der Waals surface area (Å²) in [5.41, 5.74) is -0.998. The van der Waals surface area contributed by atoms with Gasteiger partial charge >= 0.3 is 12.4 Å². The lowest BCUT2D eigenvalue weighted by Crippen LogP contribution is -2.31. The second-order valence-electron chi connectivity index (χ2n) is 5.51. The third-order valence-corrected chi connectivity index (χ3v) is 3.54. The van der Waals surface area contributed by atoms with Gasteiger partial charge in [0.15, 0.2) is 0 Å².